The monoisotopic (exact) mass is 496 g/mol. The first kappa shape index (κ1) is 24.6. The number of fused-ring (bicyclic) bond motifs is 1. The minimum absolute atomic E-state index is 0.0779. The van der Waals surface area contributed by atoms with Gasteiger partial charge < -0.3 is 20.3 Å². The maximum absolute atomic E-state index is 14.2. The maximum atomic E-state index is 14.2. The highest BCUT2D eigenvalue weighted by Gasteiger charge is 2.34. The first-order valence-corrected chi connectivity index (χ1v) is 12.9. The molecule has 4 aromatic rings. The quantitative estimate of drug-likeness (QED) is 0.274. The van der Waals surface area contributed by atoms with Crippen LogP contribution in [0.5, 0.6) is 0 Å². The molecule has 0 unspecified atom stereocenters. The molecule has 5 rings (SSSR count). The maximum Gasteiger partial charge on any atom is 0.326 e. The molecule has 1 aliphatic carbocycles. The smallest absolute Gasteiger partial charge is 0.326 e. The Morgan fingerprint density at radius 1 is 1.05 bits per heavy atom. The average Bonchev–Trinajstić information content (AvgIpc) is 3.46. The number of carbonyl (C=O) groups excluding carboxylic acids is 1. The molecule has 0 saturated heterocycles. The fourth-order valence-electron chi connectivity index (χ4n) is 5.38. The molecule has 0 radical (unpaired) electrons. The SMILES string of the molecule is C[C@@H](C(=O)O)N(C(=O)c1ccc(NCc2cnc[nH]2)cc1-c1cccc2ccccc12)C1CCCCC1. The molecule has 1 heterocycles. The zero-order valence-electron chi connectivity index (χ0n) is 21.0. The molecular weight excluding hydrogens is 464 g/mol. The lowest BCUT2D eigenvalue weighted by Crippen LogP contribution is -2.50. The summed E-state index contributed by atoms with van der Waals surface area (Å²) < 4.78 is 0. The number of aliphatic carboxylic acids is 1. The average molecular weight is 497 g/mol. The first-order valence-electron chi connectivity index (χ1n) is 12.9. The van der Waals surface area contributed by atoms with Crippen LogP contribution < -0.4 is 5.32 Å². The van der Waals surface area contributed by atoms with E-state index in [2.05, 4.69) is 33.5 Å². The number of nitrogens with zero attached hydrogens (tertiary/aromatic N) is 2. The van der Waals surface area contributed by atoms with Crippen molar-refractivity contribution in [1.82, 2.24) is 14.9 Å². The highest BCUT2D eigenvalue weighted by molar-refractivity contribution is 6.07. The molecule has 1 aliphatic rings. The number of imidazole rings is 1. The van der Waals surface area contributed by atoms with Crippen LogP contribution in [0.3, 0.4) is 0 Å². The number of rotatable bonds is 8. The van der Waals surface area contributed by atoms with Crippen molar-refractivity contribution in [2.45, 2.75) is 57.7 Å². The zero-order chi connectivity index (χ0) is 25.8. The number of carboxylic acid groups (broad SMARTS) is 1. The van der Waals surface area contributed by atoms with Crippen molar-refractivity contribution in [2.24, 2.45) is 0 Å². The molecule has 190 valence electrons. The van der Waals surface area contributed by atoms with Crippen molar-refractivity contribution in [1.29, 1.82) is 0 Å². The van der Waals surface area contributed by atoms with E-state index >= 15 is 0 Å². The number of hydrogen-bond donors (Lipinski definition) is 3. The third-order valence-electron chi connectivity index (χ3n) is 7.34. The van der Waals surface area contributed by atoms with Crippen LogP contribution in [-0.2, 0) is 11.3 Å². The number of hydrogen-bond acceptors (Lipinski definition) is 4. The van der Waals surface area contributed by atoms with E-state index in [1.165, 1.54) is 0 Å². The zero-order valence-corrected chi connectivity index (χ0v) is 21.0. The van der Waals surface area contributed by atoms with Crippen LogP contribution in [0.15, 0.2) is 73.2 Å². The molecule has 7 heteroatoms. The summed E-state index contributed by atoms with van der Waals surface area (Å²) in [6, 6.07) is 18.9. The summed E-state index contributed by atoms with van der Waals surface area (Å²) in [5, 5.41) is 15.4. The van der Waals surface area contributed by atoms with Gasteiger partial charge in [0.05, 0.1) is 18.6 Å². The van der Waals surface area contributed by atoms with Crippen molar-refractivity contribution in [3.8, 4) is 11.1 Å². The second-order valence-electron chi connectivity index (χ2n) is 9.74. The Balaban J connectivity index is 1.60. The van der Waals surface area contributed by atoms with E-state index in [0.717, 1.165) is 65.4 Å². The minimum Gasteiger partial charge on any atom is -0.480 e. The summed E-state index contributed by atoms with van der Waals surface area (Å²) in [6.45, 7) is 2.18. The normalized spacial score (nSPS) is 14.8. The standard InChI is InChI=1S/C30H32N4O3/c1-20(30(36)37)34(24-10-3-2-4-11-24)29(35)27-15-14-22(32-18-23-17-31-19-33-23)16-28(27)26-13-7-9-21-8-5-6-12-25(21)26/h5-9,12-17,19-20,24,32H,2-4,10-11,18H2,1H3,(H,31,33)(H,36,37)/t20-/m0/s1. The van der Waals surface area contributed by atoms with E-state index in [4.69, 9.17) is 0 Å². The van der Waals surface area contributed by atoms with Crippen LogP contribution in [0, 0.1) is 0 Å². The second kappa shape index (κ2) is 10.9. The molecule has 0 aliphatic heterocycles. The second-order valence-corrected chi connectivity index (χ2v) is 9.74. The van der Waals surface area contributed by atoms with Gasteiger partial charge in [-0.3, -0.25) is 4.79 Å². The summed E-state index contributed by atoms with van der Waals surface area (Å²) in [6.07, 6.45) is 8.21. The molecule has 1 fully saturated rings. The van der Waals surface area contributed by atoms with Crippen LogP contribution in [0.4, 0.5) is 5.69 Å². The lowest BCUT2D eigenvalue weighted by molar-refractivity contribution is -0.142. The van der Waals surface area contributed by atoms with Gasteiger partial charge in [0, 0.05) is 23.5 Å². The van der Waals surface area contributed by atoms with E-state index in [9.17, 15) is 14.7 Å². The van der Waals surface area contributed by atoms with Crippen molar-refractivity contribution in [3.05, 3.63) is 84.4 Å². The highest BCUT2D eigenvalue weighted by Crippen LogP contribution is 2.35. The van der Waals surface area contributed by atoms with E-state index < -0.39 is 12.0 Å². The number of nitrogens with one attached hydrogen (secondary N) is 2. The molecule has 3 aromatic carbocycles. The van der Waals surface area contributed by atoms with Gasteiger partial charge in [0.2, 0.25) is 0 Å². The lowest BCUT2D eigenvalue weighted by atomic mass is 9.90. The van der Waals surface area contributed by atoms with Gasteiger partial charge in [0.15, 0.2) is 0 Å². The highest BCUT2D eigenvalue weighted by atomic mass is 16.4. The van der Waals surface area contributed by atoms with Gasteiger partial charge in [-0.05, 0) is 59.9 Å². The summed E-state index contributed by atoms with van der Waals surface area (Å²) in [5.74, 6) is -1.21. The molecule has 7 nitrogen and oxygen atoms in total. The van der Waals surface area contributed by atoms with Crippen LogP contribution >= 0.6 is 0 Å². The molecule has 0 bridgehead atoms. The predicted octanol–water partition coefficient (Wildman–Crippen LogP) is 6.09. The number of carboxylic acids is 1. The fraction of sp³-hybridized carbons (Fsp3) is 0.300. The van der Waals surface area contributed by atoms with E-state index in [-0.39, 0.29) is 11.9 Å². The topological polar surface area (TPSA) is 98.3 Å². The number of H-pyrrole nitrogens is 1. The van der Waals surface area contributed by atoms with Gasteiger partial charge >= 0.3 is 5.97 Å². The summed E-state index contributed by atoms with van der Waals surface area (Å²) in [4.78, 5) is 35.1. The van der Waals surface area contributed by atoms with E-state index in [1.807, 2.05) is 42.5 Å². The first-order chi connectivity index (χ1) is 18.0. The largest absolute Gasteiger partial charge is 0.480 e. The van der Waals surface area contributed by atoms with Crippen LogP contribution in [0.1, 0.15) is 55.1 Å². The van der Waals surface area contributed by atoms with Crippen molar-refractivity contribution >= 4 is 28.3 Å². The van der Waals surface area contributed by atoms with Gasteiger partial charge in [-0.15, -0.1) is 0 Å². The number of carbonyl (C=O) groups is 2. The Kier molecular flexibility index (Phi) is 7.21. The summed E-state index contributed by atoms with van der Waals surface area (Å²) in [5.41, 5.74) is 4.06. The molecule has 0 spiro atoms. The molecule has 1 amide bonds. The number of aromatic amines is 1. The van der Waals surface area contributed by atoms with Gasteiger partial charge in [0.1, 0.15) is 6.04 Å². The molecule has 1 aromatic heterocycles. The van der Waals surface area contributed by atoms with Crippen LogP contribution in [0.25, 0.3) is 21.9 Å². The Bertz CT molecular complexity index is 1390. The van der Waals surface area contributed by atoms with Gasteiger partial charge in [0.25, 0.3) is 5.91 Å². The van der Waals surface area contributed by atoms with Gasteiger partial charge in [-0.1, -0.05) is 61.7 Å². The summed E-state index contributed by atoms with van der Waals surface area (Å²) in [7, 11) is 0. The fourth-order valence-corrected chi connectivity index (χ4v) is 5.38. The van der Waals surface area contributed by atoms with Crippen molar-refractivity contribution in [2.75, 3.05) is 5.32 Å². The third-order valence-corrected chi connectivity index (χ3v) is 7.34. The lowest BCUT2D eigenvalue weighted by Gasteiger charge is -2.37. The van der Waals surface area contributed by atoms with Crippen LogP contribution in [0.2, 0.25) is 0 Å². The van der Waals surface area contributed by atoms with E-state index in [0.29, 0.717) is 12.1 Å². The Labute approximate surface area is 216 Å². The number of anilines is 1. The number of amides is 1. The number of aromatic nitrogens is 2. The van der Waals surface area contributed by atoms with Gasteiger partial charge in [-0.25, -0.2) is 9.78 Å². The molecule has 37 heavy (non-hydrogen) atoms. The van der Waals surface area contributed by atoms with Crippen LogP contribution in [-0.4, -0.2) is 43.9 Å². The Morgan fingerprint density at radius 3 is 2.59 bits per heavy atom. The Hall–Kier alpha value is -4.13. The third kappa shape index (κ3) is 5.21. The van der Waals surface area contributed by atoms with Crippen molar-refractivity contribution in [3.63, 3.8) is 0 Å². The molecule has 1 atom stereocenters. The Morgan fingerprint density at radius 2 is 1.84 bits per heavy atom. The molecule has 1 saturated carbocycles. The van der Waals surface area contributed by atoms with Crippen molar-refractivity contribution < 1.29 is 14.7 Å². The predicted molar refractivity (Wildman–Crippen MR) is 145 cm³/mol. The number of benzene rings is 3. The molecule has 3 N–H and O–H groups in total. The minimum atomic E-state index is -0.983. The van der Waals surface area contributed by atoms with E-state index in [1.54, 1.807) is 24.3 Å². The molecular formula is C30H32N4O3. The van der Waals surface area contributed by atoms with Gasteiger partial charge in [-0.2, -0.15) is 0 Å². The summed E-state index contributed by atoms with van der Waals surface area (Å²) >= 11 is 0.